The van der Waals surface area contributed by atoms with Gasteiger partial charge in [-0.15, -0.1) is 0 Å². The van der Waals surface area contributed by atoms with Crippen molar-refractivity contribution in [3.8, 4) is 5.75 Å². The molecule has 0 aliphatic carbocycles. The Morgan fingerprint density at radius 3 is 2.50 bits per heavy atom. The second kappa shape index (κ2) is 5.81. The fourth-order valence-electron chi connectivity index (χ4n) is 2.54. The lowest BCUT2D eigenvalue weighted by Gasteiger charge is -2.35. The number of benzene rings is 1. The summed E-state index contributed by atoms with van der Waals surface area (Å²) >= 11 is 0. The predicted molar refractivity (Wildman–Crippen MR) is 73.0 cm³/mol. The first-order chi connectivity index (χ1) is 9.43. The van der Waals surface area contributed by atoms with Crippen LogP contribution in [0.3, 0.4) is 0 Å². The average molecular weight is 288 g/mol. The van der Waals surface area contributed by atoms with Crippen LogP contribution in [0.15, 0.2) is 18.2 Å². The molecule has 0 saturated carbocycles. The zero-order chi connectivity index (χ0) is 14.8. The Labute approximate surface area is 116 Å². The van der Waals surface area contributed by atoms with Gasteiger partial charge < -0.3 is 15.4 Å². The molecule has 1 aliphatic heterocycles. The molecule has 20 heavy (non-hydrogen) atoms. The number of nitrogens with two attached hydrogens (primary N) is 1. The number of hydrogen-bond donors (Lipinski definition) is 1. The summed E-state index contributed by atoms with van der Waals surface area (Å²) in [5, 5.41) is 0. The van der Waals surface area contributed by atoms with Crippen LogP contribution in [0.5, 0.6) is 5.75 Å². The number of hydrogen-bond acceptors (Lipinski definition) is 3. The molecule has 1 heterocycles. The lowest BCUT2D eigenvalue weighted by molar-refractivity contribution is -0.179. The van der Waals surface area contributed by atoms with Crippen LogP contribution in [0.1, 0.15) is 19.8 Å². The van der Waals surface area contributed by atoms with Gasteiger partial charge >= 0.3 is 6.18 Å². The minimum atomic E-state index is -4.09. The molecule has 0 radical (unpaired) electrons. The van der Waals surface area contributed by atoms with Gasteiger partial charge in [-0.25, -0.2) is 0 Å². The molecule has 6 heteroatoms. The third-order valence-corrected chi connectivity index (χ3v) is 3.64. The van der Waals surface area contributed by atoms with Crippen LogP contribution in [-0.2, 0) is 0 Å². The molecule has 2 N–H and O–H groups in total. The molecule has 0 spiro atoms. The Kier molecular flexibility index (Phi) is 4.30. The van der Waals surface area contributed by atoms with Gasteiger partial charge in [0.15, 0.2) is 0 Å². The van der Waals surface area contributed by atoms with E-state index in [0.717, 1.165) is 5.69 Å². The Morgan fingerprint density at radius 1 is 1.30 bits per heavy atom. The summed E-state index contributed by atoms with van der Waals surface area (Å²) in [6, 6.07) is 5.41. The lowest BCUT2D eigenvalue weighted by Crippen LogP contribution is -2.39. The van der Waals surface area contributed by atoms with Crippen LogP contribution in [0.4, 0.5) is 24.5 Å². The number of anilines is 2. The van der Waals surface area contributed by atoms with E-state index in [-0.39, 0.29) is 12.8 Å². The normalized spacial score (nSPS) is 17.3. The molecule has 1 saturated heterocycles. The molecule has 0 aromatic heterocycles. The largest absolute Gasteiger partial charge is 0.492 e. The highest BCUT2D eigenvalue weighted by atomic mass is 19.4. The Bertz CT molecular complexity index is 454. The highest BCUT2D eigenvalue weighted by Crippen LogP contribution is 2.38. The molecular formula is C14H19F3N2O. The molecule has 1 aliphatic rings. The molecule has 0 amide bonds. The van der Waals surface area contributed by atoms with Gasteiger partial charge in [0.1, 0.15) is 5.75 Å². The Hall–Kier alpha value is -1.59. The molecule has 1 aromatic carbocycles. The molecule has 1 aromatic rings. The first-order valence-electron chi connectivity index (χ1n) is 6.76. The van der Waals surface area contributed by atoms with Crippen molar-refractivity contribution < 1.29 is 17.9 Å². The van der Waals surface area contributed by atoms with E-state index < -0.39 is 12.1 Å². The van der Waals surface area contributed by atoms with Crippen molar-refractivity contribution in [1.82, 2.24) is 0 Å². The highest BCUT2D eigenvalue weighted by molar-refractivity contribution is 5.74. The molecule has 0 unspecified atom stereocenters. The number of alkyl halides is 3. The van der Waals surface area contributed by atoms with Gasteiger partial charge in [-0.05, 0) is 31.9 Å². The predicted octanol–water partition coefficient (Wildman–Crippen LogP) is 3.45. The van der Waals surface area contributed by atoms with Crippen LogP contribution in [0.2, 0.25) is 0 Å². The lowest BCUT2D eigenvalue weighted by atomic mass is 9.96. The van der Waals surface area contributed by atoms with Gasteiger partial charge in [-0.2, -0.15) is 13.2 Å². The fraction of sp³-hybridized carbons (Fsp3) is 0.571. The Morgan fingerprint density at radius 2 is 1.95 bits per heavy atom. The number of nitrogens with zero attached hydrogens (tertiary/aromatic N) is 1. The molecule has 1 fully saturated rings. The number of halogens is 3. The van der Waals surface area contributed by atoms with E-state index in [1.807, 2.05) is 24.0 Å². The van der Waals surface area contributed by atoms with Crippen molar-refractivity contribution in [2.45, 2.75) is 25.9 Å². The van der Waals surface area contributed by atoms with Gasteiger partial charge in [0, 0.05) is 13.1 Å². The van der Waals surface area contributed by atoms with E-state index in [9.17, 15) is 13.2 Å². The second-order valence-corrected chi connectivity index (χ2v) is 4.92. The number of ether oxygens (including phenoxy) is 1. The number of rotatable bonds is 3. The van der Waals surface area contributed by atoms with E-state index >= 15 is 0 Å². The SMILES string of the molecule is CCOc1cccc(N2CCC(C(F)(F)F)CC2)c1N. The van der Waals surface area contributed by atoms with Crippen LogP contribution in [-0.4, -0.2) is 25.9 Å². The van der Waals surface area contributed by atoms with Crippen LogP contribution < -0.4 is 15.4 Å². The summed E-state index contributed by atoms with van der Waals surface area (Å²) in [6.07, 6.45) is -3.87. The molecule has 3 nitrogen and oxygen atoms in total. The van der Waals surface area contributed by atoms with Crippen molar-refractivity contribution in [3.05, 3.63) is 18.2 Å². The first kappa shape index (κ1) is 14.8. The Balaban J connectivity index is 2.09. The molecular weight excluding hydrogens is 269 g/mol. The van der Waals surface area contributed by atoms with E-state index in [2.05, 4.69) is 0 Å². The van der Waals surface area contributed by atoms with Gasteiger partial charge in [-0.3, -0.25) is 0 Å². The summed E-state index contributed by atoms with van der Waals surface area (Å²) in [7, 11) is 0. The summed E-state index contributed by atoms with van der Waals surface area (Å²) in [4.78, 5) is 1.90. The second-order valence-electron chi connectivity index (χ2n) is 4.92. The van der Waals surface area contributed by atoms with Gasteiger partial charge in [0.05, 0.1) is 23.9 Å². The molecule has 2 rings (SSSR count). The van der Waals surface area contributed by atoms with Crippen LogP contribution in [0, 0.1) is 5.92 Å². The fourth-order valence-corrected chi connectivity index (χ4v) is 2.54. The van der Waals surface area contributed by atoms with E-state index in [1.54, 1.807) is 6.07 Å². The zero-order valence-electron chi connectivity index (χ0n) is 11.4. The van der Waals surface area contributed by atoms with Gasteiger partial charge in [0.2, 0.25) is 0 Å². The van der Waals surface area contributed by atoms with Crippen molar-refractivity contribution in [2.75, 3.05) is 30.3 Å². The average Bonchev–Trinajstić information content (AvgIpc) is 2.41. The smallest absolute Gasteiger partial charge is 0.391 e. The number of para-hydroxylation sites is 1. The first-order valence-corrected chi connectivity index (χ1v) is 6.76. The summed E-state index contributed by atoms with van der Waals surface area (Å²) in [5.74, 6) is -0.613. The van der Waals surface area contributed by atoms with Crippen LogP contribution in [0.25, 0.3) is 0 Å². The standard InChI is InChI=1S/C14H19F3N2O/c1-2-20-12-5-3-4-11(13(12)18)19-8-6-10(7-9-19)14(15,16)17/h3-5,10H,2,6-9,18H2,1H3. The minimum absolute atomic E-state index is 0.113. The minimum Gasteiger partial charge on any atom is -0.492 e. The summed E-state index contributed by atoms with van der Waals surface area (Å²) < 4.78 is 43.4. The topological polar surface area (TPSA) is 38.5 Å². The third-order valence-electron chi connectivity index (χ3n) is 3.64. The van der Waals surface area contributed by atoms with Gasteiger partial charge in [0.25, 0.3) is 0 Å². The molecule has 112 valence electrons. The quantitative estimate of drug-likeness (QED) is 0.866. The van der Waals surface area contributed by atoms with Crippen LogP contribution >= 0.6 is 0 Å². The maximum Gasteiger partial charge on any atom is 0.391 e. The summed E-state index contributed by atoms with van der Waals surface area (Å²) in [5.41, 5.74) is 7.29. The van der Waals surface area contributed by atoms with E-state index in [0.29, 0.717) is 31.1 Å². The monoisotopic (exact) mass is 288 g/mol. The van der Waals surface area contributed by atoms with Crippen molar-refractivity contribution in [1.29, 1.82) is 0 Å². The molecule has 0 atom stereocenters. The van der Waals surface area contributed by atoms with E-state index in [1.165, 1.54) is 0 Å². The maximum atomic E-state index is 12.7. The molecule has 0 bridgehead atoms. The summed E-state index contributed by atoms with van der Waals surface area (Å²) in [6.45, 7) is 3.10. The number of nitrogen functional groups attached to an aromatic ring is 1. The number of piperidine rings is 1. The highest BCUT2D eigenvalue weighted by Gasteiger charge is 2.41. The zero-order valence-corrected chi connectivity index (χ0v) is 11.4. The maximum absolute atomic E-state index is 12.7. The van der Waals surface area contributed by atoms with Crippen molar-refractivity contribution in [3.63, 3.8) is 0 Å². The third kappa shape index (κ3) is 3.11. The van der Waals surface area contributed by atoms with Gasteiger partial charge in [-0.1, -0.05) is 6.07 Å². The van der Waals surface area contributed by atoms with Crippen molar-refractivity contribution >= 4 is 11.4 Å². The van der Waals surface area contributed by atoms with E-state index in [4.69, 9.17) is 10.5 Å². The van der Waals surface area contributed by atoms with Crippen molar-refractivity contribution in [2.24, 2.45) is 5.92 Å².